The lowest BCUT2D eigenvalue weighted by Crippen LogP contribution is -2.30. The van der Waals surface area contributed by atoms with Crippen LogP contribution in [0.1, 0.15) is 370 Å². The molecule has 6 atom stereocenters. The van der Waals surface area contributed by atoms with Gasteiger partial charge in [-0.3, -0.25) is 37.3 Å². The number of unbranched alkanes of at least 4 members (excludes halogenated alkanes) is 36. The van der Waals surface area contributed by atoms with Crippen LogP contribution in [0.2, 0.25) is 0 Å². The first-order chi connectivity index (χ1) is 44.6. The molecule has 0 bridgehead atoms. The number of esters is 4. The molecule has 3 N–H and O–H groups in total. The molecule has 552 valence electrons. The van der Waals surface area contributed by atoms with Crippen LogP contribution >= 0.6 is 15.6 Å². The van der Waals surface area contributed by atoms with Gasteiger partial charge in [-0.1, -0.05) is 319 Å². The van der Waals surface area contributed by atoms with Crippen LogP contribution in [0.3, 0.4) is 0 Å². The van der Waals surface area contributed by atoms with Crippen molar-refractivity contribution in [1.29, 1.82) is 0 Å². The number of aliphatic hydroxyl groups excluding tert-OH is 1. The van der Waals surface area contributed by atoms with Crippen molar-refractivity contribution in [1.82, 2.24) is 0 Å². The zero-order valence-corrected chi connectivity index (χ0v) is 62.7. The number of hydrogen-bond donors (Lipinski definition) is 3. The van der Waals surface area contributed by atoms with Crippen molar-refractivity contribution in [3.8, 4) is 0 Å². The molecule has 0 saturated carbocycles. The largest absolute Gasteiger partial charge is 0.472 e. The summed E-state index contributed by atoms with van der Waals surface area (Å²) in [7, 11) is -9.91. The van der Waals surface area contributed by atoms with E-state index in [0.29, 0.717) is 31.6 Å². The third kappa shape index (κ3) is 67.0. The first-order valence-electron chi connectivity index (χ1n) is 38.2. The molecular formula is C74H144O17P2. The average Bonchev–Trinajstić information content (AvgIpc) is 1.84. The van der Waals surface area contributed by atoms with E-state index >= 15 is 0 Å². The molecule has 0 saturated heterocycles. The third-order valence-electron chi connectivity index (χ3n) is 17.4. The van der Waals surface area contributed by atoms with Crippen LogP contribution in [0, 0.1) is 23.7 Å². The van der Waals surface area contributed by atoms with Crippen LogP contribution < -0.4 is 0 Å². The highest BCUT2D eigenvalue weighted by atomic mass is 31.2. The second-order valence-electron chi connectivity index (χ2n) is 28.4. The molecule has 0 fully saturated rings. The summed E-state index contributed by atoms with van der Waals surface area (Å²) in [5, 5.41) is 10.6. The van der Waals surface area contributed by atoms with Gasteiger partial charge in [-0.2, -0.15) is 0 Å². The molecule has 0 rings (SSSR count). The maximum absolute atomic E-state index is 13.1. The molecule has 0 amide bonds. The van der Waals surface area contributed by atoms with Crippen molar-refractivity contribution in [2.75, 3.05) is 39.6 Å². The van der Waals surface area contributed by atoms with E-state index in [1.165, 1.54) is 167 Å². The lowest BCUT2D eigenvalue weighted by Gasteiger charge is -2.21. The summed E-state index contributed by atoms with van der Waals surface area (Å²) >= 11 is 0. The topological polar surface area (TPSA) is 237 Å². The average molecular weight is 1370 g/mol. The number of phosphoric acid groups is 2. The second kappa shape index (κ2) is 63.5. The smallest absolute Gasteiger partial charge is 0.462 e. The number of hydrogen-bond acceptors (Lipinski definition) is 15. The summed E-state index contributed by atoms with van der Waals surface area (Å²) < 4.78 is 68.4. The Balaban J connectivity index is 5.23. The lowest BCUT2D eigenvalue weighted by atomic mass is 10.00. The van der Waals surface area contributed by atoms with Crippen LogP contribution in [-0.4, -0.2) is 96.7 Å². The van der Waals surface area contributed by atoms with Gasteiger partial charge in [0.15, 0.2) is 12.2 Å². The van der Waals surface area contributed by atoms with Crippen LogP contribution in [0.5, 0.6) is 0 Å². The minimum absolute atomic E-state index is 0.102. The fourth-order valence-electron chi connectivity index (χ4n) is 11.2. The highest BCUT2D eigenvalue weighted by Crippen LogP contribution is 2.45. The molecule has 0 aliphatic rings. The van der Waals surface area contributed by atoms with E-state index in [-0.39, 0.29) is 25.7 Å². The van der Waals surface area contributed by atoms with Gasteiger partial charge in [0.05, 0.1) is 26.4 Å². The van der Waals surface area contributed by atoms with Gasteiger partial charge >= 0.3 is 39.5 Å². The molecule has 0 aliphatic heterocycles. The molecule has 19 heteroatoms. The molecule has 3 unspecified atom stereocenters. The van der Waals surface area contributed by atoms with E-state index in [9.17, 15) is 43.2 Å². The number of ether oxygens (including phenoxy) is 4. The van der Waals surface area contributed by atoms with Gasteiger partial charge in [0.2, 0.25) is 0 Å². The normalized spacial score (nSPS) is 14.5. The third-order valence-corrected chi connectivity index (χ3v) is 19.3. The van der Waals surface area contributed by atoms with E-state index < -0.39 is 97.5 Å². The molecular weight excluding hydrogens is 1220 g/mol. The monoisotopic (exact) mass is 1370 g/mol. The van der Waals surface area contributed by atoms with Gasteiger partial charge in [-0.25, -0.2) is 9.13 Å². The molecule has 0 aromatic carbocycles. The number of carbonyl (C=O) groups excluding carboxylic acids is 4. The van der Waals surface area contributed by atoms with Gasteiger partial charge in [0, 0.05) is 25.7 Å². The van der Waals surface area contributed by atoms with E-state index in [0.717, 1.165) is 114 Å². The molecule has 0 aromatic heterocycles. The molecule has 0 radical (unpaired) electrons. The Morgan fingerprint density at radius 3 is 0.763 bits per heavy atom. The molecule has 0 aliphatic carbocycles. The Kier molecular flexibility index (Phi) is 62.2. The van der Waals surface area contributed by atoms with Crippen molar-refractivity contribution >= 4 is 39.5 Å². The first kappa shape index (κ1) is 91.1. The van der Waals surface area contributed by atoms with Gasteiger partial charge in [0.25, 0.3) is 0 Å². The van der Waals surface area contributed by atoms with E-state index in [2.05, 4.69) is 55.4 Å². The van der Waals surface area contributed by atoms with Gasteiger partial charge in [0.1, 0.15) is 19.3 Å². The van der Waals surface area contributed by atoms with Crippen molar-refractivity contribution in [3.05, 3.63) is 0 Å². The van der Waals surface area contributed by atoms with Crippen LogP contribution in [0.25, 0.3) is 0 Å². The second-order valence-corrected chi connectivity index (χ2v) is 31.3. The zero-order valence-electron chi connectivity index (χ0n) is 60.9. The molecule has 0 heterocycles. The Morgan fingerprint density at radius 2 is 0.516 bits per heavy atom. The highest BCUT2D eigenvalue weighted by Gasteiger charge is 2.30. The van der Waals surface area contributed by atoms with Crippen LogP contribution in [-0.2, 0) is 65.4 Å². The van der Waals surface area contributed by atoms with Crippen molar-refractivity contribution in [2.24, 2.45) is 23.7 Å². The van der Waals surface area contributed by atoms with Crippen molar-refractivity contribution < 1.29 is 80.2 Å². The quantitative estimate of drug-likeness (QED) is 0.0222. The van der Waals surface area contributed by atoms with Gasteiger partial charge in [-0.15, -0.1) is 0 Å². The van der Waals surface area contributed by atoms with E-state index in [1.54, 1.807) is 0 Å². The predicted molar refractivity (Wildman–Crippen MR) is 377 cm³/mol. The summed E-state index contributed by atoms with van der Waals surface area (Å²) in [5.41, 5.74) is 0. The van der Waals surface area contributed by atoms with E-state index in [4.69, 9.17) is 37.0 Å². The summed E-state index contributed by atoms with van der Waals surface area (Å²) in [6.07, 6.45) is 47.4. The molecule has 0 aromatic rings. The molecule has 0 spiro atoms. The SMILES string of the molecule is CCC(C)CCCCCCCCC(=O)OC[C@H](COP(=O)(O)OC[C@H](O)COP(=O)(O)OC[C@@H](COC(=O)CCCCCCCCCCCCCCCCCC(C)C)OC(=O)CCCCCCCCCCCCCCC(C)C)OC(=O)CCCCCCCCCC(C)C. The number of rotatable bonds is 71. The van der Waals surface area contributed by atoms with Crippen LogP contribution in [0.15, 0.2) is 0 Å². The summed E-state index contributed by atoms with van der Waals surface area (Å²) in [6.45, 7) is 14.1. The minimum Gasteiger partial charge on any atom is -0.462 e. The van der Waals surface area contributed by atoms with Crippen LogP contribution in [0.4, 0.5) is 0 Å². The van der Waals surface area contributed by atoms with Crippen molar-refractivity contribution in [3.63, 3.8) is 0 Å². The summed E-state index contributed by atoms with van der Waals surface area (Å²) in [4.78, 5) is 72.7. The first-order valence-corrected chi connectivity index (χ1v) is 41.2. The van der Waals surface area contributed by atoms with Gasteiger partial charge in [-0.05, 0) is 49.4 Å². The fraction of sp³-hybridized carbons (Fsp3) is 0.946. The lowest BCUT2D eigenvalue weighted by molar-refractivity contribution is -0.161. The maximum Gasteiger partial charge on any atom is 0.472 e. The van der Waals surface area contributed by atoms with Gasteiger partial charge < -0.3 is 33.8 Å². The summed E-state index contributed by atoms with van der Waals surface area (Å²) in [5.74, 6) is 0.883. The number of aliphatic hydroxyl groups is 1. The maximum atomic E-state index is 13.1. The molecule has 17 nitrogen and oxygen atoms in total. The van der Waals surface area contributed by atoms with Crippen molar-refractivity contribution in [2.45, 2.75) is 388 Å². The summed E-state index contributed by atoms with van der Waals surface area (Å²) in [6, 6.07) is 0. The highest BCUT2D eigenvalue weighted by molar-refractivity contribution is 7.47. The fourth-order valence-corrected chi connectivity index (χ4v) is 12.7. The Hall–Kier alpha value is -1.94. The Labute approximate surface area is 568 Å². The van der Waals surface area contributed by atoms with E-state index in [1.807, 2.05) is 0 Å². The molecule has 93 heavy (non-hydrogen) atoms. The number of carbonyl (C=O) groups is 4. The minimum atomic E-state index is -4.96. The zero-order chi connectivity index (χ0) is 68.9. The number of phosphoric ester groups is 2. The Morgan fingerprint density at radius 1 is 0.301 bits per heavy atom. The predicted octanol–water partition coefficient (Wildman–Crippen LogP) is 21.3. The standard InChI is InChI=1S/C74H144O17P2/c1-9-67(8)53-45-37-32-33-39-47-55-72(77)85-61-70(91-74(79)57-49-41-31-25-28-36-44-52-66(6)7)63-89-93(82,83)87-59-68(75)58-86-92(80,81)88-62-69(90-73(78)56-48-40-30-24-20-16-15-18-22-27-35-43-51-65(4)5)60-84-71(76)54-46-38-29-23-19-14-12-10-11-13-17-21-26-34-42-50-64(2)3/h64-70,75H,9-63H2,1-8H3,(H,80,81)(H,82,83)/t67?,68-,69-,70-/m1/s1. The Bertz CT molecular complexity index is 1840.